The summed E-state index contributed by atoms with van der Waals surface area (Å²) >= 11 is 3.03. The fourth-order valence-corrected chi connectivity index (χ4v) is 12.7. The van der Waals surface area contributed by atoms with Gasteiger partial charge < -0.3 is 28.2 Å². The van der Waals surface area contributed by atoms with E-state index in [2.05, 4.69) is 58.5 Å². The fourth-order valence-electron chi connectivity index (χ4n) is 10.8. The van der Waals surface area contributed by atoms with Crippen LogP contribution in [0, 0.1) is 0 Å². The molecule has 3 aromatic rings. The van der Waals surface area contributed by atoms with Crippen molar-refractivity contribution < 1.29 is 136 Å². The SMILES string of the molecule is [Na+].[Na+].[Na+].[Na+].[O-]SC1CCC(c2c3nc(c(C4CCC(S[O-])CC4)c4ccc([nH]4)c(C4CCC(S[O-])CC4)c4ccc([nH]4)c(C4CCC(S[O-])CC4)c4nc2C=C4)C=C3)CC1. The normalized spacial score (nSPS) is 27.5. The number of hydrogen-bond acceptors (Lipinski definition) is 10. The molecule has 8 nitrogen and oxygen atoms in total. The van der Waals surface area contributed by atoms with Crippen molar-refractivity contribution in [3.63, 3.8) is 0 Å². The second-order valence-corrected chi connectivity index (χ2v) is 20.4. The summed E-state index contributed by atoms with van der Waals surface area (Å²) in [5, 5.41) is 0.637. The van der Waals surface area contributed by atoms with Crippen LogP contribution in [0.1, 0.15) is 171 Å². The molecular weight excluding hydrogens is 869 g/mol. The Morgan fingerprint density at radius 2 is 0.583 bits per heavy atom. The van der Waals surface area contributed by atoms with E-state index in [-0.39, 0.29) is 157 Å². The largest absolute Gasteiger partial charge is 1.00 e. The zero-order valence-corrected chi connectivity index (χ0v) is 47.0. The first-order chi connectivity index (χ1) is 27.5. The maximum atomic E-state index is 11.9. The van der Waals surface area contributed by atoms with Gasteiger partial charge in [0.1, 0.15) is 0 Å². The Kier molecular flexibility index (Phi) is 21.8. The molecule has 2 aliphatic heterocycles. The van der Waals surface area contributed by atoms with Crippen LogP contribution >= 0.6 is 48.2 Å². The van der Waals surface area contributed by atoms with E-state index in [0.29, 0.717) is 5.92 Å². The van der Waals surface area contributed by atoms with Crippen molar-refractivity contribution >= 4 is 94.5 Å². The summed E-state index contributed by atoms with van der Waals surface area (Å²) in [5.41, 5.74) is 13.2. The molecule has 0 spiro atoms. The molecular formula is C44H50N4Na4O4S4. The van der Waals surface area contributed by atoms with Gasteiger partial charge in [-0.3, -0.25) is 48.2 Å². The molecule has 0 atom stereocenters. The molecule has 8 bridgehead atoms. The third-order valence-electron chi connectivity index (χ3n) is 13.8. The zero-order chi connectivity index (χ0) is 38.2. The minimum absolute atomic E-state index is 0. The second kappa shape index (κ2) is 24.7. The Hall–Kier alpha value is 1.84. The van der Waals surface area contributed by atoms with Crippen LogP contribution in [0.25, 0.3) is 46.4 Å². The van der Waals surface area contributed by atoms with Crippen molar-refractivity contribution in [1.82, 2.24) is 19.9 Å². The number of fused-ring (bicyclic) bond motifs is 8. The van der Waals surface area contributed by atoms with Gasteiger partial charge in [0.05, 0.1) is 22.8 Å². The minimum atomic E-state index is 0. The van der Waals surface area contributed by atoms with Crippen molar-refractivity contribution in [1.29, 1.82) is 0 Å². The monoisotopic (exact) mass is 918 g/mol. The molecule has 4 fully saturated rings. The van der Waals surface area contributed by atoms with Crippen molar-refractivity contribution in [2.45, 2.75) is 147 Å². The maximum Gasteiger partial charge on any atom is 1.00 e. The second-order valence-electron chi connectivity index (χ2n) is 16.9. The van der Waals surface area contributed by atoms with E-state index < -0.39 is 0 Å². The van der Waals surface area contributed by atoms with Gasteiger partial charge >= 0.3 is 118 Å². The molecule has 6 aliphatic rings. The third-order valence-corrected chi connectivity index (χ3v) is 16.8. The van der Waals surface area contributed by atoms with Gasteiger partial charge in [-0.25, -0.2) is 9.97 Å². The first-order valence-electron chi connectivity index (χ1n) is 20.8. The van der Waals surface area contributed by atoms with E-state index in [1.807, 2.05) is 0 Å². The summed E-state index contributed by atoms with van der Waals surface area (Å²) < 4.78 is 47.4. The van der Waals surface area contributed by atoms with Crippen LogP contribution in [0.5, 0.6) is 0 Å². The van der Waals surface area contributed by atoms with Crippen LogP contribution in [-0.4, -0.2) is 59.1 Å². The molecule has 60 heavy (non-hydrogen) atoms. The molecule has 4 saturated carbocycles. The predicted octanol–water partition coefficient (Wildman–Crippen LogP) is 0.231. The molecule has 5 heterocycles. The van der Waals surface area contributed by atoms with Crippen LogP contribution in [-0.2, 0) is 0 Å². The molecule has 0 aromatic carbocycles. The van der Waals surface area contributed by atoms with Crippen molar-refractivity contribution in [2.24, 2.45) is 0 Å². The quantitative estimate of drug-likeness (QED) is 0.164. The van der Waals surface area contributed by atoms with E-state index in [1.165, 1.54) is 22.3 Å². The third kappa shape index (κ3) is 11.6. The molecule has 4 aliphatic carbocycles. The molecule has 0 amide bonds. The number of aromatic nitrogens is 4. The van der Waals surface area contributed by atoms with Gasteiger partial charge in [0.25, 0.3) is 0 Å². The number of rotatable bonds is 8. The molecule has 298 valence electrons. The van der Waals surface area contributed by atoms with Crippen LogP contribution in [0.2, 0.25) is 0 Å². The number of nitrogens with one attached hydrogen (secondary N) is 2. The van der Waals surface area contributed by atoms with Gasteiger partial charge in [0, 0.05) is 44.3 Å². The minimum Gasteiger partial charge on any atom is -0.799 e. The van der Waals surface area contributed by atoms with Crippen LogP contribution < -0.4 is 118 Å². The molecule has 3 aromatic heterocycles. The van der Waals surface area contributed by atoms with Crippen molar-refractivity contribution in [3.8, 4) is 0 Å². The average molecular weight is 919 g/mol. The van der Waals surface area contributed by atoms with Gasteiger partial charge in [-0.05, 0) is 196 Å². The molecule has 16 heteroatoms. The van der Waals surface area contributed by atoms with Gasteiger partial charge in [-0.1, -0.05) is 0 Å². The van der Waals surface area contributed by atoms with Crippen LogP contribution in [0.3, 0.4) is 0 Å². The number of nitrogens with zero attached hydrogens (tertiary/aromatic N) is 2. The van der Waals surface area contributed by atoms with E-state index in [0.717, 1.165) is 196 Å². The summed E-state index contributed by atoms with van der Waals surface area (Å²) in [6, 6.07) is 9.00. The first kappa shape index (κ1) is 52.8. The molecule has 9 rings (SSSR count). The summed E-state index contributed by atoms with van der Waals surface area (Å²) in [6.07, 6.45) is 23.7. The maximum absolute atomic E-state index is 11.9. The van der Waals surface area contributed by atoms with Crippen LogP contribution in [0.4, 0.5) is 0 Å². The standard InChI is InChI=1S/C44H54N4O4S4.4Na/c49-53-29-9-1-25(2-10-29)41-33-17-19-35(45-33)42(26-3-11-30(54-50)12-4-26)37-21-23-39(47-37)44(28-7-15-32(56-52)16-8-28)40-24-22-38(48-40)43(36-20-18-34(41)46-36)27-5-13-31(55-51)14-6-27;;;;/h17-32,45-46,49-52H,1-16H2;;;;/q;4*+1/p-4. The predicted molar refractivity (Wildman–Crippen MR) is 232 cm³/mol. The Morgan fingerprint density at radius 3 is 0.867 bits per heavy atom. The van der Waals surface area contributed by atoms with Gasteiger partial charge in [-0.15, -0.1) is 0 Å². The van der Waals surface area contributed by atoms with Crippen molar-refractivity contribution in [2.75, 3.05) is 0 Å². The smallest absolute Gasteiger partial charge is 0.799 e. The van der Waals surface area contributed by atoms with Gasteiger partial charge in [0.2, 0.25) is 0 Å². The van der Waals surface area contributed by atoms with E-state index in [9.17, 15) is 18.2 Å². The number of hydrogen-bond donors (Lipinski definition) is 2. The number of H-pyrrole nitrogens is 2. The summed E-state index contributed by atoms with van der Waals surface area (Å²) in [6.45, 7) is 0. The Bertz CT molecular complexity index is 2000. The molecule has 0 unspecified atom stereocenters. The Morgan fingerprint density at radius 1 is 0.350 bits per heavy atom. The molecule has 0 saturated heterocycles. The van der Waals surface area contributed by atoms with Gasteiger partial charge in [0.15, 0.2) is 0 Å². The van der Waals surface area contributed by atoms with E-state index in [1.54, 1.807) is 0 Å². The van der Waals surface area contributed by atoms with Gasteiger partial charge in [-0.2, -0.15) is 0 Å². The Labute approximate surface area is 461 Å². The van der Waals surface area contributed by atoms with E-state index in [4.69, 9.17) is 9.97 Å². The summed E-state index contributed by atoms with van der Waals surface area (Å²) in [7, 11) is 0. The summed E-state index contributed by atoms with van der Waals surface area (Å²) in [5.74, 6) is 1.11. The van der Waals surface area contributed by atoms with Crippen molar-refractivity contribution in [3.05, 3.63) is 69.3 Å². The average Bonchev–Trinajstić information content (AvgIpc) is 4.10. The fraction of sp³-hybridized carbons (Fsp3) is 0.545. The topological polar surface area (TPSA) is 150 Å². The zero-order valence-electron chi connectivity index (χ0n) is 35.7. The Balaban J connectivity index is 0.00000171. The number of aromatic amines is 2. The van der Waals surface area contributed by atoms with E-state index >= 15 is 0 Å². The summed E-state index contributed by atoms with van der Waals surface area (Å²) in [4.78, 5) is 18.9. The first-order valence-corrected chi connectivity index (χ1v) is 24.1. The van der Waals surface area contributed by atoms with Crippen LogP contribution in [0.15, 0.2) is 24.3 Å². The molecule has 2 N–H and O–H groups in total. The molecule has 0 radical (unpaired) electrons.